The van der Waals surface area contributed by atoms with E-state index in [0.29, 0.717) is 28.0 Å². The van der Waals surface area contributed by atoms with Crippen molar-refractivity contribution < 1.29 is 13.9 Å². The highest BCUT2D eigenvalue weighted by atomic mass is 79.9. The molecule has 0 aliphatic heterocycles. The molecule has 0 saturated carbocycles. The molecule has 2 aromatic carbocycles. The molecule has 0 atom stereocenters. The van der Waals surface area contributed by atoms with Crippen LogP contribution in [0.15, 0.2) is 40.9 Å². The average Bonchev–Trinajstić information content (AvgIpc) is 2.45. The summed E-state index contributed by atoms with van der Waals surface area (Å²) in [5.41, 5.74) is 6.98. The summed E-state index contributed by atoms with van der Waals surface area (Å²) in [6.07, 6.45) is 0. The molecule has 0 spiro atoms. The van der Waals surface area contributed by atoms with Gasteiger partial charge in [-0.05, 0) is 53.2 Å². The Balaban J connectivity index is 2.15. The molecule has 3 N–H and O–H groups in total. The first-order valence-electron chi connectivity index (χ1n) is 6.30. The fraction of sp³-hybridized carbons (Fsp3) is 0.133. The standard InChI is InChI=1S/C15H14BrFN2O2/c1-2-21-14-6-4-10(8-12(14)17)19-15(20)9-3-5-13(18)11(16)7-9/h3-8H,2,18H2,1H3,(H,19,20). The molecule has 0 aromatic heterocycles. The Morgan fingerprint density at radius 3 is 2.71 bits per heavy atom. The molecule has 0 saturated heterocycles. The average molecular weight is 353 g/mol. The highest BCUT2D eigenvalue weighted by molar-refractivity contribution is 9.10. The molecule has 0 bridgehead atoms. The quantitative estimate of drug-likeness (QED) is 0.822. The first kappa shape index (κ1) is 15.3. The van der Waals surface area contributed by atoms with Gasteiger partial charge in [-0.3, -0.25) is 4.79 Å². The highest BCUT2D eigenvalue weighted by Crippen LogP contribution is 2.23. The number of benzene rings is 2. The summed E-state index contributed by atoms with van der Waals surface area (Å²) >= 11 is 3.26. The van der Waals surface area contributed by atoms with E-state index in [1.165, 1.54) is 12.1 Å². The highest BCUT2D eigenvalue weighted by Gasteiger charge is 2.10. The lowest BCUT2D eigenvalue weighted by molar-refractivity contribution is 0.102. The topological polar surface area (TPSA) is 64.3 Å². The minimum atomic E-state index is -0.520. The maximum absolute atomic E-state index is 13.7. The summed E-state index contributed by atoms with van der Waals surface area (Å²) in [5.74, 6) is -0.710. The molecule has 0 radical (unpaired) electrons. The van der Waals surface area contributed by atoms with Crippen LogP contribution in [-0.4, -0.2) is 12.5 Å². The van der Waals surface area contributed by atoms with Gasteiger partial charge in [-0.1, -0.05) is 0 Å². The molecule has 2 aromatic rings. The van der Waals surface area contributed by atoms with E-state index < -0.39 is 5.82 Å². The van der Waals surface area contributed by atoms with E-state index >= 15 is 0 Å². The fourth-order valence-electron chi connectivity index (χ4n) is 1.72. The zero-order chi connectivity index (χ0) is 15.4. The Labute approximate surface area is 130 Å². The molecule has 1 amide bonds. The number of rotatable bonds is 4. The molecule has 21 heavy (non-hydrogen) atoms. The van der Waals surface area contributed by atoms with Gasteiger partial charge in [-0.25, -0.2) is 4.39 Å². The van der Waals surface area contributed by atoms with Gasteiger partial charge in [0.15, 0.2) is 11.6 Å². The molecule has 0 aliphatic carbocycles. The van der Waals surface area contributed by atoms with Gasteiger partial charge in [0.25, 0.3) is 5.91 Å². The monoisotopic (exact) mass is 352 g/mol. The lowest BCUT2D eigenvalue weighted by atomic mass is 10.2. The second-order valence-corrected chi connectivity index (χ2v) is 5.12. The van der Waals surface area contributed by atoms with E-state index in [2.05, 4.69) is 21.2 Å². The van der Waals surface area contributed by atoms with Gasteiger partial charge >= 0.3 is 0 Å². The molecule has 6 heteroatoms. The Bertz CT molecular complexity index is 677. The number of nitrogens with one attached hydrogen (secondary N) is 1. The second-order valence-electron chi connectivity index (χ2n) is 4.27. The van der Waals surface area contributed by atoms with Crippen molar-refractivity contribution >= 4 is 33.2 Å². The van der Waals surface area contributed by atoms with Crippen molar-refractivity contribution in [1.82, 2.24) is 0 Å². The maximum Gasteiger partial charge on any atom is 0.255 e. The van der Waals surface area contributed by atoms with Crippen LogP contribution in [0.2, 0.25) is 0 Å². The predicted molar refractivity (Wildman–Crippen MR) is 84.1 cm³/mol. The molecular formula is C15H14BrFN2O2. The van der Waals surface area contributed by atoms with Gasteiger partial charge in [-0.2, -0.15) is 0 Å². The van der Waals surface area contributed by atoms with Gasteiger partial charge in [0.1, 0.15) is 0 Å². The number of amides is 1. The molecule has 2 rings (SSSR count). The molecule has 0 unspecified atom stereocenters. The number of nitrogens with two attached hydrogens (primary N) is 1. The smallest absolute Gasteiger partial charge is 0.255 e. The van der Waals surface area contributed by atoms with E-state index in [4.69, 9.17) is 10.5 Å². The summed E-state index contributed by atoms with van der Waals surface area (Å²) in [6.45, 7) is 2.15. The van der Waals surface area contributed by atoms with Gasteiger partial charge in [0.2, 0.25) is 0 Å². The van der Waals surface area contributed by atoms with Crippen LogP contribution in [0.25, 0.3) is 0 Å². The molecule has 110 valence electrons. The number of carbonyl (C=O) groups excluding carboxylic acids is 1. The van der Waals surface area contributed by atoms with Crippen LogP contribution in [0.4, 0.5) is 15.8 Å². The van der Waals surface area contributed by atoms with Crippen LogP contribution in [0.5, 0.6) is 5.75 Å². The predicted octanol–water partition coefficient (Wildman–Crippen LogP) is 3.82. The maximum atomic E-state index is 13.7. The van der Waals surface area contributed by atoms with Gasteiger partial charge in [0, 0.05) is 27.5 Å². The third-order valence-electron chi connectivity index (χ3n) is 2.75. The largest absolute Gasteiger partial charge is 0.491 e. The first-order valence-corrected chi connectivity index (χ1v) is 7.09. The number of nitrogen functional groups attached to an aromatic ring is 1. The summed E-state index contributed by atoms with van der Waals surface area (Å²) in [5, 5.41) is 2.62. The van der Waals surface area contributed by atoms with Gasteiger partial charge in [0.05, 0.1) is 6.61 Å². The number of hydrogen-bond acceptors (Lipinski definition) is 3. The van der Waals surface area contributed by atoms with Crippen LogP contribution in [0.3, 0.4) is 0 Å². The number of carbonyl (C=O) groups is 1. The van der Waals surface area contributed by atoms with Crippen molar-refractivity contribution in [2.45, 2.75) is 6.92 Å². The third-order valence-corrected chi connectivity index (χ3v) is 3.44. The number of hydrogen-bond donors (Lipinski definition) is 2. The molecular weight excluding hydrogens is 339 g/mol. The van der Waals surface area contributed by atoms with Crippen LogP contribution in [0.1, 0.15) is 17.3 Å². The fourth-order valence-corrected chi connectivity index (χ4v) is 2.10. The normalized spacial score (nSPS) is 10.2. The Hall–Kier alpha value is -2.08. The minimum Gasteiger partial charge on any atom is -0.491 e. The van der Waals surface area contributed by atoms with Crippen molar-refractivity contribution in [2.75, 3.05) is 17.7 Å². The van der Waals surface area contributed by atoms with Crippen molar-refractivity contribution in [3.8, 4) is 5.75 Å². The van der Waals surface area contributed by atoms with Crippen LogP contribution in [0, 0.1) is 5.82 Å². The molecule has 0 heterocycles. The lowest BCUT2D eigenvalue weighted by Gasteiger charge is -2.09. The van der Waals surface area contributed by atoms with Crippen molar-refractivity contribution in [1.29, 1.82) is 0 Å². The second kappa shape index (κ2) is 6.58. The summed E-state index contributed by atoms with van der Waals surface area (Å²) in [7, 11) is 0. The minimum absolute atomic E-state index is 0.158. The Morgan fingerprint density at radius 2 is 2.10 bits per heavy atom. The SMILES string of the molecule is CCOc1ccc(NC(=O)c2ccc(N)c(Br)c2)cc1F. The number of anilines is 2. The van der Waals surface area contributed by atoms with Gasteiger partial charge < -0.3 is 15.8 Å². The summed E-state index contributed by atoms with van der Waals surface area (Å²) in [4.78, 5) is 12.1. The Morgan fingerprint density at radius 1 is 1.33 bits per heavy atom. The molecule has 0 aliphatic rings. The van der Waals surface area contributed by atoms with E-state index in [-0.39, 0.29) is 11.7 Å². The number of ether oxygens (including phenoxy) is 1. The van der Waals surface area contributed by atoms with Crippen LogP contribution in [-0.2, 0) is 0 Å². The van der Waals surface area contributed by atoms with E-state index in [9.17, 15) is 9.18 Å². The van der Waals surface area contributed by atoms with Crippen molar-refractivity contribution in [2.24, 2.45) is 0 Å². The summed E-state index contributed by atoms with van der Waals surface area (Å²) < 4.78 is 19.4. The van der Waals surface area contributed by atoms with Crippen LogP contribution < -0.4 is 15.8 Å². The first-order chi connectivity index (χ1) is 10.0. The Kier molecular flexibility index (Phi) is 4.80. The zero-order valence-electron chi connectivity index (χ0n) is 11.3. The van der Waals surface area contributed by atoms with E-state index in [0.717, 1.165) is 0 Å². The van der Waals surface area contributed by atoms with Gasteiger partial charge in [-0.15, -0.1) is 0 Å². The number of halogens is 2. The lowest BCUT2D eigenvalue weighted by Crippen LogP contribution is -2.12. The van der Waals surface area contributed by atoms with Crippen molar-refractivity contribution in [3.63, 3.8) is 0 Å². The molecule has 0 fully saturated rings. The zero-order valence-corrected chi connectivity index (χ0v) is 12.9. The third kappa shape index (κ3) is 3.72. The van der Waals surface area contributed by atoms with E-state index in [1.54, 1.807) is 31.2 Å². The van der Waals surface area contributed by atoms with Crippen LogP contribution >= 0.6 is 15.9 Å². The molecule has 4 nitrogen and oxygen atoms in total. The van der Waals surface area contributed by atoms with Crippen molar-refractivity contribution in [3.05, 3.63) is 52.3 Å². The van der Waals surface area contributed by atoms with E-state index in [1.807, 2.05) is 0 Å². The summed E-state index contributed by atoms with van der Waals surface area (Å²) in [6, 6.07) is 9.11.